The van der Waals surface area contributed by atoms with E-state index >= 15 is 0 Å². The lowest BCUT2D eigenvalue weighted by atomic mass is 10.0. The number of aliphatic hydroxyl groups is 1. The third-order valence-electron chi connectivity index (χ3n) is 5.35. The number of nitriles is 1. The third kappa shape index (κ3) is 3.87. The van der Waals surface area contributed by atoms with Crippen molar-refractivity contribution < 1.29 is 9.52 Å². The quantitative estimate of drug-likeness (QED) is 0.749. The van der Waals surface area contributed by atoms with Gasteiger partial charge in [0.25, 0.3) is 0 Å². The van der Waals surface area contributed by atoms with E-state index in [1.807, 2.05) is 42.5 Å². The van der Waals surface area contributed by atoms with E-state index in [-0.39, 0.29) is 12.6 Å². The van der Waals surface area contributed by atoms with Crippen LogP contribution in [0.25, 0.3) is 22.2 Å². The molecule has 5 nitrogen and oxygen atoms in total. The molecule has 2 heterocycles. The van der Waals surface area contributed by atoms with Crippen LogP contribution in [0.1, 0.15) is 30.7 Å². The van der Waals surface area contributed by atoms with Gasteiger partial charge >= 0.3 is 0 Å². The zero-order valence-electron chi connectivity index (χ0n) is 15.3. The predicted octanol–water partition coefficient (Wildman–Crippen LogP) is 3.76. The van der Waals surface area contributed by atoms with Gasteiger partial charge in [0, 0.05) is 19.0 Å². The molecule has 0 radical (unpaired) electrons. The molecule has 3 aromatic rings. The van der Waals surface area contributed by atoms with Crippen LogP contribution in [0.4, 0.5) is 0 Å². The fraction of sp³-hybridized carbons (Fsp3) is 0.364. The number of aliphatic hydroxyl groups excluding tert-OH is 1. The van der Waals surface area contributed by atoms with Crippen LogP contribution in [-0.2, 0) is 6.42 Å². The van der Waals surface area contributed by atoms with Crippen LogP contribution >= 0.6 is 0 Å². The number of hydrogen-bond acceptors (Lipinski definition) is 5. The number of benzene rings is 2. The third-order valence-corrected chi connectivity index (χ3v) is 5.35. The molecule has 1 fully saturated rings. The highest BCUT2D eigenvalue weighted by Gasteiger charge is 2.21. The first-order chi connectivity index (χ1) is 13.3. The van der Waals surface area contributed by atoms with E-state index in [0.29, 0.717) is 5.56 Å². The van der Waals surface area contributed by atoms with E-state index in [9.17, 15) is 5.11 Å². The van der Waals surface area contributed by atoms with E-state index in [1.54, 1.807) is 0 Å². The van der Waals surface area contributed by atoms with Crippen molar-refractivity contribution >= 4 is 11.1 Å². The summed E-state index contributed by atoms with van der Waals surface area (Å²) in [6, 6.07) is 16.0. The monoisotopic (exact) mass is 361 g/mol. The van der Waals surface area contributed by atoms with E-state index < -0.39 is 0 Å². The highest BCUT2D eigenvalue weighted by atomic mass is 16.3. The molecular formula is C22H23N3O2. The number of piperidine rings is 1. The molecule has 4 rings (SSSR count). The minimum absolute atomic E-state index is 0.224. The topological polar surface area (TPSA) is 73.3 Å². The Labute approximate surface area is 158 Å². The Morgan fingerprint density at radius 1 is 1.15 bits per heavy atom. The second-order valence-corrected chi connectivity index (χ2v) is 7.10. The summed E-state index contributed by atoms with van der Waals surface area (Å²) in [7, 11) is 0. The van der Waals surface area contributed by atoms with Crippen molar-refractivity contribution in [2.24, 2.45) is 0 Å². The average molecular weight is 361 g/mol. The van der Waals surface area contributed by atoms with Gasteiger partial charge in [0.1, 0.15) is 5.52 Å². The Morgan fingerprint density at radius 2 is 1.96 bits per heavy atom. The summed E-state index contributed by atoms with van der Waals surface area (Å²) in [4.78, 5) is 7.01. The maximum absolute atomic E-state index is 9.55. The molecular weight excluding hydrogens is 338 g/mol. The Morgan fingerprint density at radius 3 is 2.74 bits per heavy atom. The molecule has 0 aliphatic carbocycles. The normalized spacial score (nSPS) is 17.9. The van der Waals surface area contributed by atoms with Crippen molar-refractivity contribution in [3.8, 4) is 17.2 Å². The summed E-state index contributed by atoms with van der Waals surface area (Å²) in [6.07, 6.45) is 4.20. The zero-order valence-corrected chi connectivity index (χ0v) is 15.3. The zero-order chi connectivity index (χ0) is 18.6. The van der Waals surface area contributed by atoms with Crippen molar-refractivity contribution in [1.82, 2.24) is 9.88 Å². The summed E-state index contributed by atoms with van der Waals surface area (Å²) in [5.74, 6) is 0.740. The van der Waals surface area contributed by atoms with Crippen LogP contribution < -0.4 is 0 Å². The predicted molar refractivity (Wildman–Crippen MR) is 104 cm³/mol. The first kappa shape index (κ1) is 17.7. The lowest BCUT2D eigenvalue weighted by molar-refractivity contribution is 0.0899. The summed E-state index contributed by atoms with van der Waals surface area (Å²) in [5, 5.41) is 18.5. The van der Waals surface area contributed by atoms with E-state index in [1.165, 1.54) is 12.8 Å². The van der Waals surface area contributed by atoms with Crippen LogP contribution in [0.5, 0.6) is 0 Å². The lowest BCUT2D eigenvalue weighted by Crippen LogP contribution is -2.42. The van der Waals surface area contributed by atoms with Gasteiger partial charge in [0.15, 0.2) is 11.5 Å². The van der Waals surface area contributed by atoms with Crippen LogP contribution in [-0.4, -0.2) is 40.7 Å². The molecule has 27 heavy (non-hydrogen) atoms. The molecule has 5 heteroatoms. The molecule has 138 valence electrons. The molecule has 1 aliphatic heterocycles. The van der Waals surface area contributed by atoms with Gasteiger partial charge in [0.05, 0.1) is 18.2 Å². The summed E-state index contributed by atoms with van der Waals surface area (Å²) < 4.78 is 5.91. The number of fused-ring (bicyclic) bond motifs is 1. The number of hydrogen-bond donors (Lipinski definition) is 1. The minimum Gasteiger partial charge on any atom is -0.441 e. The van der Waals surface area contributed by atoms with Crippen molar-refractivity contribution in [2.45, 2.75) is 31.7 Å². The van der Waals surface area contributed by atoms with Crippen molar-refractivity contribution in [1.29, 1.82) is 5.26 Å². The highest BCUT2D eigenvalue weighted by Crippen LogP contribution is 2.25. The first-order valence-electron chi connectivity index (χ1n) is 9.52. The molecule has 0 spiro atoms. The van der Waals surface area contributed by atoms with Gasteiger partial charge in [-0.2, -0.15) is 5.26 Å². The lowest BCUT2D eigenvalue weighted by Gasteiger charge is -2.34. The van der Waals surface area contributed by atoms with Crippen molar-refractivity contribution in [3.63, 3.8) is 0 Å². The number of aromatic nitrogens is 1. The smallest absolute Gasteiger partial charge is 0.196 e. The molecule has 1 aromatic heterocycles. The summed E-state index contributed by atoms with van der Waals surface area (Å²) in [5.41, 5.74) is 4.41. The van der Waals surface area contributed by atoms with Gasteiger partial charge in [-0.3, -0.25) is 4.90 Å². The number of likely N-dealkylation sites (tertiary alicyclic amines) is 1. The second kappa shape index (κ2) is 7.91. The van der Waals surface area contributed by atoms with Crippen LogP contribution in [0, 0.1) is 11.3 Å². The Hall–Kier alpha value is -2.68. The van der Waals surface area contributed by atoms with Crippen molar-refractivity contribution in [3.05, 3.63) is 53.9 Å². The number of oxazole rings is 1. The highest BCUT2D eigenvalue weighted by molar-refractivity contribution is 5.80. The van der Waals surface area contributed by atoms with Gasteiger partial charge in [-0.25, -0.2) is 4.98 Å². The minimum atomic E-state index is 0.224. The SMILES string of the molecule is N#Cc1ccc(-c2ccc3oc(CCN4CCCCC4CO)nc3c2)cc1. The fourth-order valence-electron chi connectivity index (χ4n) is 3.80. The summed E-state index contributed by atoms with van der Waals surface area (Å²) in [6.45, 7) is 2.12. The molecule has 1 unspecified atom stereocenters. The first-order valence-corrected chi connectivity index (χ1v) is 9.52. The van der Waals surface area contributed by atoms with Crippen molar-refractivity contribution in [2.75, 3.05) is 19.7 Å². The van der Waals surface area contributed by atoms with Gasteiger partial charge < -0.3 is 9.52 Å². The van der Waals surface area contributed by atoms with E-state index in [4.69, 9.17) is 9.68 Å². The van der Waals surface area contributed by atoms with Crippen LogP contribution in [0.15, 0.2) is 46.9 Å². The number of rotatable bonds is 5. The fourth-order valence-corrected chi connectivity index (χ4v) is 3.80. The van der Waals surface area contributed by atoms with Gasteiger partial charge in [-0.05, 0) is 54.8 Å². The molecule has 1 aliphatic rings. The van der Waals surface area contributed by atoms with Gasteiger partial charge in [0.2, 0.25) is 0 Å². The second-order valence-electron chi connectivity index (χ2n) is 7.10. The standard InChI is InChI=1S/C22H23N3O2/c23-14-16-4-6-17(7-5-16)18-8-9-21-20(13-18)24-22(27-21)10-12-25-11-2-1-3-19(25)15-26/h4-9,13,19,26H,1-3,10-12,15H2. The van der Waals surface area contributed by atoms with Crippen LogP contribution in [0.2, 0.25) is 0 Å². The molecule has 0 saturated carbocycles. The molecule has 1 N–H and O–H groups in total. The van der Waals surface area contributed by atoms with E-state index in [2.05, 4.69) is 16.0 Å². The molecule has 2 aromatic carbocycles. The maximum Gasteiger partial charge on any atom is 0.196 e. The van der Waals surface area contributed by atoms with Crippen LogP contribution in [0.3, 0.4) is 0 Å². The largest absolute Gasteiger partial charge is 0.441 e. The Kier molecular flexibility index (Phi) is 5.19. The Bertz CT molecular complexity index is 956. The van der Waals surface area contributed by atoms with E-state index in [0.717, 1.165) is 54.0 Å². The molecule has 1 atom stereocenters. The molecule has 0 bridgehead atoms. The molecule has 0 amide bonds. The summed E-state index contributed by atoms with van der Waals surface area (Å²) >= 11 is 0. The maximum atomic E-state index is 9.55. The number of nitrogens with zero attached hydrogens (tertiary/aromatic N) is 3. The van der Waals surface area contributed by atoms with Gasteiger partial charge in [-0.1, -0.05) is 24.6 Å². The molecule has 1 saturated heterocycles. The average Bonchev–Trinajstić information content (AvgIpc) is 3.14. The Balaban J connectivity index is 1.49. The van der Waals surface area contributed by atoms with Gasteiger partial charge in [-0.15, -0.1) is 0 Å².